The van der Waals surface area contributed by atoms with Crippen molar-refractivity contribution in [2.45, 2.75) is 12.3 Å². The number of nitrogens with zero attached hydrogens (tertiary/aromatic N) is 2. The topological polar surface area (TPSA) is 59.1 Å². The number of benzene rings is 7. The van der Waals surface area contributed by atoms with Gasteiger partial charge in [0.05, 0.1) is 23.1 Å². The first-order valence-corrected chi connectivity index (χ1v) is 18.0. The van der Waals surface area contributed by atoms with Crippen molar-refractivity contribution in [2.75, 3.05) is 10.6 Å². The molecule has 53 heavy (non-hydrogen) atoms. The van der Waals surface area contributed by atoms with Gasteiger partial charge in [0.25, 0.3) is 0 Å². The summed E-state index contributed by atoms with van der Waals surface area (Å²) in [7, 11) is 0. The Morgan fingerprint density at radius 1 is 0.453 bits per heavy atom. The van der Waals surface area contributed by atoms with Crippen LogP contribution in [0.25, 0.3) is 56.2 Å². The van der Waals surface area contributed by atoms with E-state index in [0.717, 1.165) is 61.9 Å². The summed E-state index contributed by atoms with van der Waals surface area (Å²) < 4.78 is 6.44. The molecule has 2 aliphatic heterocycles. The fourth-order valence-electron chi connectivity index (χ4n) is 7.53. The number of hydrogen-bond donors (Lipinski definition) is 2. The van der Waals surface area contributed by atoms with E-state index in [1.807, 2.05) is 42.5 Å². The quantitative estimate of drug-likeness (QED) is 0.183. The highest BCUT2D eigenvalue weighted by Crippen LogP contribution is 2.52. The number of rotatable bonds is 6. The van der Waals surface area contributed by atoms with Crippen LogP contribution in [-0.4, -0.2) is 9.97 Å². The molecule has 2 unspecified atom stereocenters. The predicted molar refractivity (Wildman–Crippen MR) is 215 cm³/mol. The molecule has 0 saturated heterocycles. The molecule has 2 atom stereocenters. The standard InChI is InChI=1S/C48H34N4O/c1-4-12-31(13-5-1)32-20-22-34(23-21-32)42-30-41(33-14-6-2-7-15-33)50-47(51-42)36-26-24-35(25-27-36)45-39-28-29-43-46(44(39)38-18-10-11-19-40(38)49-45)52-48(53-43)37-16-8-3-9-17-37/h1-30,45,48-49,52H. The van der Waals surface area contributed by atoms with Gasteiger partial charge in [0, 0.05) is 39.1 Å². The second-order valence-electron chi connectivity index (χ2n) is 13.5. The summed E-state index contributed by atoms with van der Waals surface area (Å²) in [5, 5.41) is 7.55. The molecule has 0 bridgehead atoms. The summed E-state index contributed by atoms with van der Waals surface area (Å²) >= 11 is 0. The zero-order valence-electron chi connectivity index (χ0n) is 28.8. The molecule has 3 heterocycles. The Hall–Kier alpha value is -6.98. The zero-order chi connectivity index (χ0) is 35.1. The number of para-hydroxylation sites is 1. The fourth-order valence-corrected chi connectivity index (χ4v) is 7.53. The number of nitrogens with one attached hydrogen (secondary N) is 2. The van der Waals surface area contributed by atoms with Crippen LogP contribution in [0.15, 0.2) is 182 Å². The van der Waals surface area contributed by atoms with Crippen molar-refractivity contribution in [2.24, 2.45) is 0 Å². The molecule has 5 nitrogen and oxygen atoms in total. The highest BCUT2D eigenvalue weighted by atomic mass is 16.5. The van der Waals surface area contributed by atoms with E-state index < -0.39 is 0 Å². The molecule has 0 spiro atoms. The largest absolute Gasteiger partial charge is 0.464 e. The van der Waals surface area contributed by atoms with Gasteiger partial charge in [0.2, 0.25) is 0 Å². The Balaban J connectivity index is 1.01. The van der Waals surface area contributed by atoms with Gasteiger partial charge in [-0.2, -0.15) is 0 Å². The van der Waals surface area contributed by atoms with Crippen LogP contribution in [0, 0.1) is 0 Å². The van der Waals surface area contributed by atoms with Gasteiger partial charge in [0.15, 0.2) is 12.1 Å². The van der Waals surface area contributed by atoms with Gasteiger partial charge in [-0.3, -0.25) is 0 Å². The van der Waals surface area contributed by atoms with E-state index in [1.54, 1.807) is 0 Å². The van der Waals surface area contributed by atoms with Crippen molar-refractivity contribution in [3.63, 3.8) is 0 Å². The lowest BCUT2D eigenvalue weighted by Crippen LogP contribution is -2.18. The Morgan fingerprint density at radius 3 is 1.74 bits per heavy atom. The van der Waals surface area contributed by atoms with Crippen LogP contribution in [0.4, 0.5) is 11.4 Å². The maximum absolute atomic E-state index is 6.44. The van der Waals surface area contributed by atoms with Crippen molar-refractivity contribution >= 4 is 11.4 Å². The Labute approximate surface area is 308 Å². The lowest BCUT2D eigenvalue weighted by molar-refractivity contribution is 0.260. The van der Waals surface area contributed by atoms with Crippen LogP contribution in [0.2, 0.25) is 0 Å². The first-order valence-electron chi connectivity index (χ1n) is 18.0. The molecule has 0 fully saturated rings. The monoisotopic (exact) mass is 682 g/mol. The van der Waals surface area contributed by atoms with Crippen LogP contribution in [0.1, 0.15) is 29.0 Å². The number of aromatic nitrogens is 2. The van der Waals surface area contributed by atoms with E-state index in [1.165, 1.54) is 22.3 Å². The molecular weight excluding hydrogens is 649 g/mol. The normalized spacial score (nSPS) is 15.2. The molecule has 0 amide bonds. The Kier molecular flexibility index (Phi) is 7.54. The summed E-state index contributed by atoms with van der Waals surface area (Å²) in [5.41, 5.74) is 15.1. The van der Waals surface area contributed by atoms with Crippen molar-refractivity contribution in [1.82, 2.24) is 9.97 Å². The highest BCUT2D eigenvalue weighted by Gasteiger charge is 2.33. The highest BCUT2D eigenvalue weighted by molar-refractivity contribution is 5.95. The molecule has 0 radical (unpaired) electrons. The van der Waals surface area contributed by atoms with Crippen molar-refractivity contribution < 1.29 is 4.74 Å². The minimum Gasteiger partial charge on any atom is -0.464 e. The molecule has 2 N–H and O–H groups in total. The maximum atomic E-state index is 6.44. The SMILES string of the molecule is c1ccc(-c2ccc(-c3cc(-c4ccccc4)nc(-c4ccc(C5Nc6ccccc6-c6c5ccc5c6NC(c6ccccc6)O5)cc4)n3)cc2)cc1. The number of ether oxygens (including phenoxy) is 1. The van der Waals surface area contributed by atoms with Crippen molar-refractivity contribution in [3.05, 3.63) is 199 Å². The number of hydrogen-bond acceptors (Lipinski definition) is 5. The Bertz CT molecular complexity index is 2570. The first kappa shape index (κ1) is 30.8. The Morgan fingerprint density at radius 2 is 1.02 bits per heavy atom. The molecule has 252 valence electrons. The van der Waals surface area contributed by atoms with E-state index in [0.29, 0.717) is 5.82 Å². The molecule has 2 aliphatic rings. The smallest absolute Gasteiger partial charge is 0.196 e. The van der Waals surface area contributed by atoms with Crippen LogP contribution in [0.3, 0.4) is 0 Å². The summed E-state index contributed by atoms with van der Waals surface area (Å²) in [5.74, 6) is 1.55. The average Bonchev–Trinajstić information content (AvgIpc) is 3.69. The molecule has 5 heteroatoms. The van der Waals surface area contributed by atoms with Crippen LogP contribution < -0.4 is 15.4 Å². The molecule has 7 aromatic carbocycles. The minimum absolute atomic E-state index is 0.0629. The van der Waals surface area contributed by atoms with E-state index >= 15 is 0 Å². The van der Waals surface area contributed by atoms with Gasteiger partial charge in [-0.25, -0.2) is 9.97 Å². The third-order valence-corrected chi connectivity index (χ3v) is 10.2. The van der Waals surface area contributed by atoms with Gasteiger partial charge >= 0.3 is 0 Å². The van der Waals surface area contributed by atoms with Crippen molar-refractivity contribution in [3.8, 4) is 61.9 Å². The van der Waals surface area contributed by atoms with E-state index in [9.17, 15) is 0 Å². The summed E-state index contributed by atoms with van der Waals surface area (Å²) in [4.78, 5) is 10.2. The molecular formula is C48H34N4O. The average molecular weight is 683 g/mol. The minimum atomic E-state index is -0.240. The van der Waals surface area contributed by atoms with Crippen LogP contribution in [-0.2, 0) is 0 Å². The molecule has 0 aliphatic carbocycles. The van der Waals surface area contributed by atoms with E-state index in [4.69, 9.17) is 14.7 Å². The lowest BCUT2D eigenvalue weighted by Gasteiger charge is -2.31. The summed E-state index contributed by atoms with van der Waals surface area (Å²) in [6.45, 7) is 0. The molecule has 1 aromatic heterocycles. The van der Waals surface area contributed by atoms with Crippen LogP contribution in [0.5, 0.6) is 5.75 Å². The third-order valence-electron chi connectivity index (χ3n) is 10.2. The van der Waals surface area contributed by atoms with Gasteiger partial charge in [-0.15, -0.1) is 0 Å². The van der Waals surface area contributed by atoms with Gasteiger partial charge < -0.3 is 15.4 Å². The molecule has 10 rings (SSSR count). The van der Waals surface area contributed by atoms with E-state index in [2.05, 4.69) is 150 Å². The zero-order valence-corrected chi connectivity index (χ0v) is 28.8. The van der Waals surface area contributed by atoms with Gasteiger partial charge in [-0.05, 0) is 40.5 Å². The number of anilines is 2. The van der Waals surface area contributed by atoms with Crippen LogP contribution >= 0.6 is 0 Å². The second-order valence-corrected chi connectivity index (χ2v) is 13.5. The van der Waals surface area contributed by atoms with Crippen molar-refractivity contribution in [1.29, 1.82) is 0 Å². The fraction of sp³-hybridized carbons (Fsp3) is 0.0417. The predicted octanol–water partition coefficient (Wildman–Crippen LogP) is 11.8. The van der Waals surface area contributed by atoms with Gasteiger partial charge in [-0.1, -0.05) is 164 Å². The molecule has 0 saturated carbocycles. The van der Waals surface area contributed by atoms with E-state index in [-0.39, 0.29) is 12.3 Å². The van der Waals surface area contributed by atoms with Gasteiger partial charge in [0.1, 0.15) is 5.75 Å². The maximum Gasteiger partial charge on any atom is 0.196 e. The first-order chi connectivity index (χ1) is 26.2. The molecule has 8 aromatic rings. The number of fused-ring (bicyclic) bond motifs is 5. The third kappa shape index (κ3) is 5.69. The second kappa shape index (κ2) is 13.0. The summed E-state index contributed by atoms with van der Waals surface area (Å²) in [6.07, 6.45) is -0.240. The summed E-state index contributed by atoms with van der Waals surface area (Å²) in [6, 6.07) is 63.2. The lowest BCUT2D eigenvalue weighted by atomic mass is 9.85.